The number of anilines is 1. The molecule has 0 saturated heterocycles. The lowest BCUT2D eigenvalue weighted by atomic mass is 10.0. The topological polar surface area (TPSA) is 125 Å². The van der Waals surface area contributed by atoms with Crippen molar-refractivity contribution >= 4 is 33.5 Å². The van der Waals surface area contributed by atoms with Crippen LogP contribution in [0.2, 0.25) is 0 Å². The second kappa shape index (κ2) is 9.23. The maximum Gasteiger partial charge on any atom is 0.224 e. The maximum atomic E-state index is 15.1. The zero-order valence-electron chi connectivity index (χ0n) is 19.8. The molecule has 0 fully saturated rings. The molecule has 3 N–H and O–H groups in total. The lowest BCUT2D eigenvalue weighted by Crippen LogP contribution is -2.10. The molecule has 0 spiro atoms. The van der Waals surface area contributed by atoms with Crippen molar-refractivity contribution in [3.63, 3.8) is 0 Å². The normalized spacial score (nSPS) is 11.3. The van der Waals surface area contributed by atoms with Gasteiger partial charge in [0, 0.05) is 59.4 Å². The number of carbonyl (C=O) groups excluding carboxylic acids is 1. The number of amides is 1. The van der Waals surface area contributed by atoms with E-state index in [0.29, 0.717) is 56.9 Å². The van der Waals surface area contributed by atoms with Gasteiger partial charge in [0.05, 0.1) is 28.6 Å². The summed E-state index contributed by atoms with van der Waals surface area (Å²) >= 11 is 0. The number of hydrogen-bond acceptors (Lipinski definition) is 6. The van der Waals surface area contributed by atoms with Crippen molar-refractivity contribution in [3.8, 4) is 33.9 Å². The van der Waals surface area contributed by atoms with Crippen LogP contribution in [0, 0.1) is 5.82 Å². The first-order valence-corrected chi connectivity index (χ1v) is 11.8. The largest absolute Gasteiger partial charge is 0.336 e. The molecule has 0 unspecified atom stereocenters. The highest BCUT2D eigenvalue weighted by Crippen LogP contribution is 2.34. The first kappa shape index (κ1) is 22.5. The van der Waals surface area contributed by atoms with Crippen LogP contribution in [0.4, 0.5) is 10.1 Å². The van der Waals surface area contributed by atoms with Gasteiger partial charge in [-0.2, -0.15) is 5.10 Å². The van der Waals surface area contributed by atoms with Crippen LogP contribution in [0.3, 0.4) is 0 Å². The number of hydrogen-bond donors (Lipinski definition) is 3. The van der Waals surface area contributed by atoms with E-state index < -0.39 is 5.82 Å². The summed E-state index contributed by atoms with van der Waals surface area (Å²) in [6.45, 7) is 1.93. The molecule has 6 rings (SSSR count). The van der Waals surface area contributed by atoms with Gasteiger partial charge in [0.2, 0.25) is 5.91 Å². The van der Waals surface area contributed by atoms with Crippen LogP contribution in [-0.4, -0.2) is 41.0 Å². The fourth-order valence-electron chi connectivity index (χ4n) is 4.31. The maximum absolute atomic E-state index is 15.1. The van der Waals surface area contributed by atoms with Crippen molar-refractivity contribution in [3.05, 3.63) is 73.2 Å². The average molecular weight is 493 g/mol. The van der Waals surface area contributed by atoms with E-state index >= 15 is 4.39 Å². The number of carbonyl (C=O) groups is 1. The molecule has 6 aromatic rings. The summed E-state index contributed by atoms with van der Waals surface area (Å²) in [5.41, 5.74) is 5.49. The van der Waals surface area contributed by atoms with Gasteiger partial charge in [-0.15, -0.1) is 0 Å². The van der Waals surface area contributed by atoms with Crippen LogP contribution >= 0.6 is 0 Å². The Bertz CT molecular complexity index is 1760. The highest BCUT2D eigenvalue weighted by atomic mass is 19.1. The zero-order chi connectivity index (χ0) is 25.4. The first-order valence-electron chi connectivity index (χ1n) is 11.8. The molecule has 0 aliphatic rings. The van der Waals surface area contributed by atoms with Crippen LogP contribution < -0.4 is 5.32 Å². The van der Waals surface area contributed by atoms with Crippen molar-refractivity contribution in [2.24, 2.45) is 0 Å². The van der Waals surface area contributed by atoms with Gasteiger partial charge in [-0.3, -0.25) is 24.8 Å². The highest BCUT2D eigenvalue weighted by Gasteiger charge is 2.18. The van der Waals surface area contributed by atoms with E-state index in [2.05, 4.69) is 35.5 Å². The third-order valence-electron chi connectivity index (χ3n) is 6.02. The van der Waals surface area contributed by atoms with Gasteiger partial charge < -0.3 is 10.3 Å². The zero-order valence-corrected chi connectivity index (χ0v) is 19.8. The summed E-state index contributed by atoms with van der Waals surface area (Å²) in [6, 6.07) is 10.4. The predicted molar refractivity (Wildman–Crippen MR) is 139 cm³/mol. The van der Waals surface area contributed by atoms with Crippen molar-refractivity contribution in [1.82, 2.24) is 35.1 Å². The van der Waals surface area contributed by atoms with Gasteiger partial charge in [-0.05, 0) is 36.8 Å². The number of benzene rings is 1. The molecule has 5 aromatic heterocycles. The second-order valence-corrected chi connectivity index (χ2v) is 8.59. The van der Waals surface area contributed by atoms with E-state index in [1.165, 1.54) is 6.07 Å². The van der Waals surface area contributed by atoms with Crippen molar-refractivity contribution in [2.75, 3.05) is 5.32 Å². The Morgan fingerprint density at radius 2 is 1.89 bits per heavy atom. The number of halogens is 1. The summed E-state index contributed by atoms with van der Waals surface area (Å²) < 4.78 is 15.1. The third-order valence-corrected chi connectivity index (χ3v) is 6.02. The Morgan fingerprint density at radius 1 is 1.00 bits per heavy atom. The van der Waals surface area contributed by atoms with Crippen LogP contribution in [-0.2, 0) is 4.79 Å². The van der Waals surface area contributed by atoms with Crippen molar-refractivity contribution in [1.29, 1.82) is 0 Å². The SMILES string of the molecule is CCCC(=O)Nc1cncc(-c2cc3c(-c4nc5c(-c6cccnc6)nccc5[nH]4)n[nH]c3cc2F)c1. The van der Waals surface area contributed by atoms with Crippen molar-refractivity contribution < 1.29 is 9.18 Å². The smallest absolute Gasteiger partial charge is 0.224 e. The lowest BCUT2D eigenvalue weighted by Gasteiger charge is -2.08. The number of aromatic amines is 2. The van der Waals surface area contributed by atoms with Crippen LogP contribution in [0.1, 0.15) is 19.8 Å². The van der Waals surface area contributed by atoms with Gasteiger partial charge in [0.1, 0.15) is 17.0 Å². The summed E-state index contributed by atoms with van der Waals surface area (Å²) in [5, 5.41) is 10.8. The first-order chi connectivity index (χ1) is 18.1. The molecule has 0 aliphatic heterocycles. The Hall–Kier alpha value is -4.99. The summed E-state index contributed by atoms with van der Waals surface area (Å²) in [6.07, 6.45) is 9.39. The molecule has 5 heterocycles. The number of pyridine rings is 3. The predicted octanol–water partition coefficient (Wildman–Crippen LogP) is 5.50. The molecule has 1 aromatic carbocycles. The number of H-pyrrole nitrogens is 2. The van der Waals surface area contributed by atoms with Crippen LogP contribution in [0.25, 0.3) is 55.8 Å². The van der Waals surface area contributed by atoms with Gasteiger partial charge >= 0.3 is 0 Å². The minimum absolute atomic E-state index is 0.112. The number of nitrogens with one attached hydrogen (secondary N) is 3. The minimum atomic E-state index is -0.436. The van der Waals surface area contributed by atoms with Gasteiger partial charge in [0.15, 0.2) is 5.82 Å². The Balaban J connectivity index is 1.43. The Morgan fingerprint density at radius 3 is 2.73 bits per heavy atom. The lowest BCUT2D eigenvalue weighted by molar-refractivity contribution is -0.116. The Kier molecular flexibility index (Phi) is 5.61. The third kappa shape index (κ3) is 4.18. The quantitative estimate of drug-likeness (QED) is 0.282. The van der Waals surface area contributed by atoms with Crippen molar-refractivity contribution in [2.45, 2.75) is 19.8 Å². The summed E-state index contributed by atoms with van der Waals surface area (Å²) in [7, 11) is 0. The Labute approximate surface area is 210 Å². The summed E-state index contributed by atoms with van der Waals surface area (Å²) in [4.78, 5) is 33.0. The molecular weight excluding hydrogens is 471 g/mol. The highest BCUT2D eigenvalue weighted by molar-refractivity contribution is 5.98. The molecule has 0 saturated carbocycles. The molecule has 37 heavy (non-hydrogen) atoms. The number of aromatic nitrogens is 7. The van der Waals surface area contributed by atoms with E-state index in [-0.39, 0.29) is 5.91 Å². The van der Waals surface area contributed by atoms with E-state index in [9.17, 15) is 4.79 Å². The molecule has 10 heteroatoms. The summed E-state index contributed by atoms with van der Waals surface area (Å²) in [5.74, 6) is -0.0237. The molecule has 9 nitrogen and oxygen atoms in total. The second-order valence-electron chi connectivity index (χ2n) is 8.59. The van der Waals surface area contributed by atoms with E-state index in [1.54, 1.807) is 43.1 Å². The number of nitrogens with zero attached hydrogens (tertiary/aromatic N) is 5. The number of fused-ring (bicyclic) bond motifs is 2. The molecule has 0 radical (unpaired) electrons. The van der Waals surface area contributed by atoms with Crippen LogP contribution in [0.15, 0.2) is 67.4 Å². The molecule has 0 atom stereocenters. The standard InChI is InChI=1S/C27H21FN8O/c1-2-4-23(37)32-17-9-16(13-30-14-17)18-10-19-22(11-20(18)28)35-36-25(19)27-33-21-6-8-31-24(26(21)34-27)15-5-3-7-29-12-15/h3,5-14H,2,4H2,1H3,(H,32,37)(H,33,34)(H,35,36). The van der Waals surface area contributed by atoms with Gasteiger partial charge in [-0.25, -0.2) is 9.37 Å². The van der Waals surface area contributed by atoms with Crippen LogP contribution in [0.5, 0.6) is 0 Å². The average Bonchev–Trinajstić information content (AvgIpc) is 3.52. The fraction of sp³-hybridized carbons (Fsp3) is 0.111. The molecule has 1 amide bonds. The van der Waals surface area contributed by atoms with E-state index in [1.807, 2.05) is 25.1 Å². The fourth-order valence-corrected chi connectivity index (χ4v) is 4.31. The van der Waals surface area contributed by atoms with Gasteiger partial charge in [0.25, 0.3) is 0 Å². The molecule has 0 bridgehead atoms. The molecule has 0 aliphatic carbocycles. The monoisotopic (exact) mass is 492 g/mol. The molecule has 182 valence electrons. The minimum Gasteiger partial charge on any atom is -0.336 e. The van der Waals surface area contributed by atoms with E-state index in [0.717, 1.165) is 17.5 Å². The van der Waals surface area contributed by atoms with Gasteiger partial charge in [-0.1, -0.05) is 6.92 Å². The molecular formula is C27H21FN8O. The number of imidazole rings is 1. The van der Waals surface area contributed by atoms with E-state index in [4.69, 9.17) is 4.98 Å². The number of rotatable bonds is 6.